The normalized spacial score (nSPS) is 16.1. The first-order valence-corrected chi connectivity index (χ1v) is 5.12. The molecule has 0 atom stereocenters. The second-order valence-electron chi connectivity index (χ2n) is 3.50. The molecule has 1 radical (unpaired) electrons. The Labute approximate surface area is 88.3 Å². The zero-order valence-electron chi connectivity index (χ0n) is 7.72. The molecule has 0 spiro atoms. The van der Waals surface area contributed by atoms with Gasteiger partial charge < -0.3 is 5.32 Å². The van der Waals surface area contributed by atoms with Gasteiger partial charge in [0.25, 0.3) is 5.91 Å². The lowest BCUT2D eigenvalue weighted by atomic mass is 9.93. The topological polar surface area (TPSA) is 29.1 Å². The molecule has 1 aromatic rings. The van der Waals surface area contributed by atoms with E-state index in [1.807, 2.05) is 0 Å². The molecule has 1 amide bonds. The second-order valence-corrected chi connectivity index (χ2v) is 3.88. The number of hydrogen-bond acceptors (Lipinski definition) is 1. The molecule has 2 nitrogen and oxygen atoms in total. The van der Waals surface area contributed by atoms with Crippen LogP contribution in [0.2, 0.25) is 5.02 Å². The Hall–Kier alpha value is -1.02. The molecule has 3 heteroatoms. The first-order valence-electron chi connectivity index (χ1n) is 4.74. The van der Waals surface area contributed by atoms with Crippen LogP contribution in [0.25, 0.3) is 0 Å². The molecule has 0 aromatic heterocycles. The van der Waals surface area contributed by atoms with Gasteiger partial charge in [-0.1, -0.05) is 23.7 Å². The molecule has 1 aromatic carbocycles. The molecule has 1 saturated carbocycles. The van der Waals surface area contributed by atoms with Gasteiger partial charge in [-0.05, 0) is 25.3 Å². The van der Waals surface area contributed by atoms with Crippen LogP contribution < -0.4 is 5.32 Å². The standard InChI is InChI=1S/C11H11ClNO/c12-10-7-2-1-6-9(10)11(14)13-8-4-3-5-8/h1-2,6,8H,3-5H2,(H,13,14). The number of benzene rings is 1. The van der Waals surface area contributed by atoms with Crippen molar-refractivity contribution < 1.29 is 4.79 Å². The molecular formula is C11H11ClNO. The fourth-order valence-electron chi connectivity index (χ4n) is 1.41. The van der Waals surface area contributed by atoms with Crippen LogP contribution in [0.5, 0.6) is 0 Å². The van der Waals surface area contributed by atoms with E-state index in [-0.39, 0.29) is 5.91 Å². The van der Waals surface area contributed by atoms with Gasteiger partial charge in [-0.2, -0.15) is 0 Å². The summed E-state index contributed by atoms with van der Waals surface area (Å²) in [6.07, 6.45) is 3.37. The van der Waals surface area contributed by atoms with Crippen LogP contribution >= 0.6 is 11.6 Å². The number of nitrogens with one attached hydrogen (secondary N) is 1. The van der Waals surface area contributed by atoms with E-state index in [1.165, 1.54) is 6.42 Å². The van der Waals surface area contributed by atoms with Crippen molar-refractivity contribution in [3.05, 3.63) is 34.9 Å². The van der Waals surface area contributed by atoms with Gasteiger partial charge in [0.2, 0.25) is 0 Å². The van der Waals surface area contributed by atoms with Crippen LogP contribution in [0, 0.1) is 6.07 Å². The van der Waals surface area contributed by atoms with Crippen LogP contribution in [0.4, 0.5) is 0 Å². The number of halogens is 1. The summed E-state index contributed by atoms with van der Waals surface area (Å²) in [7, 11) is 0. The van der Waals surface area contributed by atoms with E-state index in [0.717, 1.165) is 12.8 Å². The SMILES string of the molecule is O=C(NC1CCC1)c1ccc[c]c1Cl. The molecule has 73 valence electrons. The molecule has 1 N–H and O–H groups in total. The number of rotatable bonds is 2. The Morgan fingerprint density at radius 3 is 2.93 bits per heavy atom. The molecule has 1 aliphatic carbocycles. The van der Waals surface area contributed by atoms with Crippen LogP contribution in [0.3, 0.4) is 0 Å². The summed E-state index contributed by atoms with van der Waals surface area (Å²) in [6.45, 7) is 0. The van der Waals surface area contributed by atoms with Crippen molar-refractivity contribution in [2.24, 2.45) is 0 Å². The predicted molar refractivity (Wildman–Crippen MR) is 55.4 cm³/mol. The molecule has 0 saturated heterocycles. The van der Waals surface area contributed by atoms with Gasteiger partial charge in [0.05, 0.1) is 10.6 Å². The zero-order valence-corrected chi connectivity index (χ0v) is 8.47. The Morgan fingerprint density at radius 2 is 2.36 bits per heavy atom. The van der Waals surface area contributed by atoms with E-state index in [9.17, 15) is 4.79 Å². The van der Waals surface area contributed by atoms with Crippen molar-refractivity contribution in [1.29, 1.82) is 0 Å². The van der Waals surface area contributed by atoms with E-state index in [2.05, 4.69) is 11.4 Å². The van der Waals surface area contributed by atoms with Gasteiger partial charge in [0.1, 0.15) is 0 Å². The zero-order chi connectivity index (χ0) is 9.97. The number of carbonyl (C=O) groups excluding carboxylic acids is 1. The van der Waals surface area contributed by atoms with Gasteiger partial charge in [-0.15, -0.1) is 0 Å². The maximum Gasteiger partial charge on any atom is 0.253 e. The summed E-state index contributed by atoms with van der Waals surface area (Å²) in [6, 6.07) is 8.32. The summed E-state index contributed by atoms with van der Waals surface area (Å²) in [5, 5.41) is 3.32. The Kier molecular flexibility index (Phi) is 2.73. The van der Waals surface area contributed by atoms with E-state index in [1.54, 1.807) is 18.2 Å². The lowest BCUT2D eigenvalue weighted by Crippen LogP contribution is -2.39. The molecular weight excluding hydrogens is 198 g/mol. The van der Waals surface area contributed by atoms with Gasteiger partial charge in [0.15, 0.2) is 0 Å². The maximum absolute atomic E-state index is 11.7. The average Bonchev–Trinajstić information content (AvgIpc) is 2.12. The molecule has 1 fully saturated rings. The van der Waals surface area contributed by atoms with Crippen molar-refractivity contribution in [3.8, 4) is 0 Å². The fraction of sp³-hybridized carbons (Fsp3) is 0.364. The van der Waals surface area contributed by atoms with Crippen LogP contribution in [-0.2, 0) is 0 Å². The van der Waals surface area contributed by atoms with Crippen LogP contribution in [0.1, 0.15) is 29.6 Å². The maximum atomic E-state index is 11.7. The summed E-state index contributed by atoms with van der Waals surface area (Å²) in [5.41, 5.74) is 0.515. The highest BCUT2D eigenvalue weighted by molar-refractivity contribution is 6.33. The highest BCUT2D eigenvalue weighted by Gasteiger charge is 2.20. The van der Waals surface area contributed by atoms with Crippen molar-refractivity contribution in [2.45, 2.75) is 25.3 Å². The monoisotopic (exact) mass is 208 g/mol. The Bertz CT molecular complexity index is 347. The molecule has 0 heterocycles. The largest absolute Gasteiger partial charge is 0.349 e. The van der Waals surface area contributed by atoms with Crippen molar-refractivity contribution in [1.82, 2.24) is 5.32 Å². The third kappa shape index (κ3) is 1.90. The van der Waals surface area contributed by atoms with E-state index < -0.39 is 0 Å². The molecule has 0 aliphatic heterocycles. The summed E-state index contributed by atoms with van der Waals surface area (Å²) < 4.78 is 0. The minimum Gasteiger partial charge on any atom is -0.349 e. The van der Waals surface area contributed by atoms with Crippen LogP contribution in [-0.4, -0.2) is 11.9 Å². The molecule has 0 unspecified atom stereocenters. The minimum absolute atomic E-state index is 0.0865. The first kappa shape index (κ1) is 9.53. The predicted octanol–water partition coefficient (Wildman–Crippen LogP) is 2.42. The lowest BCUT2D eigenvalue weighted by molar-refractivity contribution is 0.0917. The summed E-state index contributed by atoms with van der Waals surface area (Å²) >= 11 is 5.85. The first-order chi connectivity index (χ1) is 6.77. The van der Waals surface area contributed by atoms with Gasteiger partial charge in [-0.25, -0.2) is 0 Å². The molecule has 1 aliphatic rings. The highest BCUT2D eigenvalue weighted by atomic mass is 35.5. The Morgan fingerprint density at radius 1 is 1.57 bits per heavy atom. The fourth-order valence-corrected chi connectivity index (χ4v) is 1.62. The van der Waals surface area contributed by atoms with Gasteiger partial charge >= 0.3 is 0 Å². The molecule has 2 rings (SSSR count). The highest BCUT2D eigenvalue weighted by Crippen LogP contribution is 2.20. The van der Waals surface area contributed by atoms with Crippen molar-refractivity contribution in [3.63, 3.8) is 0 Å². The number of amides is 1. The number of carbonyl (C=O) groups is 1. The van der Waals surface area contributed by atoms with E-state index in [4.69, 9.17) is 11.6 Å². The second kappa shape index (κ2) is 4.01. The van der Waals surface area contributed by atoms with Gasteiger partial charge in [-0.3, -0.25) is 4.79 Å². The van der Waals surface area contributed by atoms with E-state index >= 15 is 0 Å². The number of hydrogen-bond donors (Lipinski definition) is 1. The quantitative estimate of drug-likeness (QED) is 0.795. The summed E-state index contributed by atoms with van der Waals surface area (Å²) in [4.78, 5) is 11.7. The average molecular weight is 209 g/mol. The third-order valence-corrected chi connectivity index (χ3v) is 2.80. The van der Waals surface area contributed by atoms with Crippen LogP contribution in [0.15, 0.2) is 18.2 Å². The third-order valence-electron chi connectivity index (χ3n) is 2.49. The van der Waals surface area contributed by atoms with Crippen molar-refractivity contribution >= 4 is 17.5 Å². The van der Waals surface area contributed by atoms with E-state index in [0.29, 0.717) is 16.6 Å². The lowest BCUT2D eigenvalue weighted by Gasteiger charge is -2.26. The molecule has 0 bridgehead atoms. The molecule has 14 heavy (non-hydrogen) atoms. The Balaban J connectivity index is 2.06. The smallest absolute Gasteiger partial charge is 0.253 e. The van der Waals surface area contributed by atoms with Gasteiger partial charge in [0, 0.05) is 12.1 Å². The summed E-state index contributed by atoms with van der Waals surface area (Å²) in [5.74, 6) is -0.0865. The minimum atomic E-state index is -0.0865. The van der Waals surface area contributed by atoms with Crippen molar-refractivity contribution in [2.75, 3.05) is 0 Å².